The van der Waals surface area contributed by atoms with Gasteiger partial charge in [-0.15, -0.1) is 0 Å². The van der Waals surface area contributed by atoms with Gasteiger partial charge in [-0.1, -0.05) is 12.4 Å². The van der Waals surface area contributed by atoms with Gasteiger partial charge in [0.15, 0.2) is 0 Å². The van der Waals surface area contributed by atoms with Gasteiger partial charge in [0.05, 0.1) is 6.61 Å². The van der Waals surface area contributed by atoms with Crippen LogP contribution in [-0.4, -0.2) is 26.2 Å². The lowest BCUT2D eigenvalue weighted by molar-refractivity contribution is -0.135. The van der Waals surface area contributed by atoms with Crippen molar-refractivity contribution in [1.29, 1.82) is 0 Å². The van der Waals surface area contributed by atoms with E-state index in [0.29, 0.717) is 19.6 Å². The summed E-state index contributed by atoms with van der Waals surface area (Å²) in [5.41, 5.74) is 3.26. The summed E-state index contributed by atoms with van der Waals surface area (Å²) < 4.78 is 4.66. The van der Waals surface area contributed by atoms with Crippen molar-refractivity contribution in [3.05, 3.63) is 0 Å². The Labute approximate surface area is 60.5 Å². The zero-order valence-corrected chi connectivity index (χ0v) is 6.29. The first-order valence-electron chi connectivity index (χ1n) is 3.16. The molecule has 0 atom stereocenters. The summed E-state index contributed by atoms with van der Waals surface area (Å²) in [4.78, 5) is 15.0. The molecule has 1 amide bonds. The van der Waals surface area contributed by atoms with Crippen molar-refractivity contribution in [1.82, 2.24) is 5.48 Å². The van der Waals surface area contributed by atoms with Gasteiger partial charge in [-0.25, -0.2) is 4.84 Å². The van der Waals surface area contributed by atoms with Crippen molar-refractivity contribution in [3.63, 3.8) is 0 Å². The number of nitrogens with zero attached hydrogens (tertiary/aromatic N) is 1. The molecule has 0 aromatic rings. The second kappa shape index (κ2) is 6.51. The number of hydroxylamine groups is 1. The molecule has 0 unspecified atom stereocenters. The van der Waals surface area contributed by atoms with Crippen molar-refractivity contribution >= 4 is 5.91 Å². The van der Waals surface area contributed by atoms with E-state index in [4.69, 9.17) is 0 Å². The molecule has 0 N–H and O–H groups in total. The predicted octanol–water partition coefficient (Wildman–Crippen LogP) is 0.105. The molecule has 0 aromatic heterocycles. The van der Waals surface area contributed by atoms with E-state index in [-0.39, 0.29) is 5.91 Å². The summed E-state index contributed by atoms with van der Waals surface area (Å²) in [6.45, 7) is 2.52. The van der Waals surface area contributed by atoms with Gasteiger partial charge in [0.2, 0.25) is 0 Å². The van der Waals surface area contributed by atoms with Crippen LogP contribution in [0.2, 0.25) is 0 Å². The van der Waals surface area contributed by atoms with Crippen molar-refractivity contribution in [3.8, 4) is 0 Å². The second-order valence-electron chi connectivity index (χ2n) is 1.66. The summed E-state index contributed by atoms with van der Waals surface area (Å²) in [6.07, 6.45) is 0.382. The molecular weight excluding hydrogens is 134 g/mol. The molecule has 59 valence electrons. The second-order valence-corrected chi connectivity index (χ2v) is 1.66. The average Bonchev–Trinajstić information content (AvgIpc) is 1.98. The molecule has 0 aliphatic rings. The molecule has 0 aromatic carbocycles. The molecule has 0 spiro atoms. The normalized spacial score (nSPS) is 9.40. The Morgan fingerprint density at radius 3 is 2.70 bits per heavy atom. The van der Waals surface area contributed by atoms with Crippen LogP contribution in [0.5, 0.6) is 0 Å². The maximum atomic E-state index is 10.4. The van der Waals surface area contributed by atoms with Gasteiger partial charge in [-0.2, -0.15) is 0 Å². The van der Waals surface area contributed by atoms with Crippen LogP contribution in [0, 0.1) is 0 Å². The Morgan fingerprint density at radius 2 is 2.20 bits per heavy atom. The van der Waals surface area contributed by atoms with Crippen molar-refractivity contribution in [2.45, 2.75) is 13.3 Å². The highest BCUT2D eigenvalue weighted by Gasteiger charge is 1.97. The lowest BCUT2D eigenvalue weighted by Crippen LogP contribution is -2.17. The van der Waals surface area contributed by atoms with Crippen LogP contribution in [-0.2, 0) is 14.4 Å². The summed E-state index contributed by atoms with van der Waals surface area (Å²) in [7, 11) is 1.56. The third-order valence-electron chi connectivity index (χ3n) is 0.848. The minimum atomic E-state index is -0.240. The van der Waals surface area contributed by atoms with E-state index in [1.807, 2.05) is 0 Å². The third kappa shape index (κ3) is 5.53. The maximum Gasteiger partial charge on any atom is 0.269 e. The van der Waals surface area contributed by atoms with Crippen LogP contribution < -0.4 is 5.48 Å². The first-order valence-corrected chi connectivity index (χ1v) is 3.16. The molecule has 0 heterocycles. The molecule has 4 nitrogen and oxygen atoms in total. The molecule has 10 heavy (non-hydrogen) atoms. The molecule has 0 aliphatic heterocycles. The summed E-state index contributed by atoms with van der Waals surface area (Å²) in [6, 6.07) is 0. The highest BCUT2D eigenvalue weighted by atomic mass is 16.7. The molecule has 0 saturated heterocycles. The molecule has 1 radical (unpaired) electrons. The van der Waals surface area contributed by atoms with Crippen molar-refractivity contribution in [2.75, 3.05) is 20.3 Å². The monoisotopic (exact) mass is 146 g/mol. The number of methoxy groups -OCH3 is 1. The fourth-order valence-corrected chi connectivity index (χ4v) is 0.303. The Balaban J connectivity index is 2.96. The van der Waals surface area contributed by atoms with Crippen LogP contribution in [0.3, 0.4) is 0 Å². The van der Waals surface area contributed by atoms with E-state index in [1.54, 1.807) is 14.0 Å². The molecular formula is C6H12NO3. The van der Waals surface area contributed by atoms with Gasteiger partial charge < -0.3 is 4.74 Å². The molecule has 0 fully saturated rings. The van der Waals surface area contributed by atoms with Crippen LogP contribution in [0.25, 0.3) is 0 Å². The Kier molecular flexibility index (Phi) is 6.11. The van der Waals surface area contributed by atoms with E-state index < -0.39 is 0 Å². The Bertz CT molecular complexity index is 95.0. The van der Waals surface area contributed by atoms with Gasteiger partial charge in [-0.05, 0) is 0 Å². The molecule has 0 rings (SSSR count). The number of amides is 1. The Morgan fingerprint density at radius 1 is 1.50 bits per heavy atom. The maximum absolute atomic E-state index is 10.4. The van der Waals surface area contributed by atoms with Crippen LogP contribution >= 0.6 is 0 Å². The Hall–Kier alpha value is -0.610. The van der Waals surface area contributed by atoms with Gasteiger partial charge >= 0.3 is 0 Å². The van der Waals surface area contributed by atoms with Gasteiger partial charge in [0, 0.05) is 13.5 Å². The standard InChI is InChI=1S/C6H12NO3/c1-3-6(8)7-10-5-4-9-2/h3-5H2,1-2H3. The summed E-state index contributed by atoms with van der Waals surface area (Å²) >= 11 is 0. The van der Waals surface area contributed by atoms with E-state index in [0.717, 1.165) is 0 Å². The molecule has 0 aliphatic carbocycles. The van der Waals surface area contributed by atoms with Crippen LogP contribution in [0.1, 0.15) is 13.3 Å². The largest absolute Gasteiger partial charge is 0.382 e. The molecule has 4 heteroatoms. The number of carbonyl (C=O) groups excluding carboxylic acids is 1. The average molecular weight is 146 g/mol. The number of carbonyl (C=O) groups is 1. The molecule has 0 bridgehead atoms. The van der Waals surface area contributed by atoms with Crippen LogP contribution in [0.15, 0.2) is 0 Å². The number of rotatable bonds is 5. The quantitative estimate of drug-likeness (QED) is 0.408. The highest BCUT2D eigenvalue weighted by Crippen LogP contribution is 1.78. The minimum absolute atomic E-state index is 0.240. The summed E-state index contributed by atoms with van der Waals surface area (Å²) in [5, 5.41) is 0. The third-order valence-corrected chi connectivity index (χ3v) is 0.848. The van der Waals surface area contributed by atoms with Gasteiger partial charge in [0.25, 0.3) is 5.91 Å². The zero-order valence-electron chi connectivity index (χ0n) is 6.29. The fraction of sp³-hybridized carbons (Fsp3) is 0.833. The first-order chi connectivity index (χ1) is 4.81. The zero-order chi connectivity index (χ0) is 7.82. The SMILES string of the molecule is CCC(=O)[N]OCCOC. The smallest absolute Gasteiger partial charge is 0.269 e. The van der Waals surface area contributed by atoms with Gasteiger partial charge in [0.1, 0.15) is 6.61 Å². The minimum Gasteiger partial charge on any atom is -0.382 e. The topological polar surface area (TPSA) is 49.6 Å². The first kappa shape index (κ1) is 9.39. The van der Waals surface area contributed by atoms with E-state index in [1.165, 1.54) is 0 Å². The number of hydrogen-bond donors (Lipinski definition) is 0. The fourth-order valence-electron chi connectivity index (χ4n) is 0.303. The van der Waals surface area contributed by atoms with Crippen molar-refractivity contribution < 1.29 is 14.4 Å². The van der Waals surface area contributed by atoms with Gasteiger partial charge in [-0.3, -0.25) is 4.79 Å². The molecule has 0 saturated carbocycles. The number of hydrogen-bond acceptors (Lipinski definition) is 3. The number of ether oxygens (including phenoxy) is 1. The lowest BCUT2D eigenvalue weighted by Gasteiger charge is -1.98. The summed E-state index contributed by atoms with van der Waals surface area (Å²) in [5.74, 6) is -0.240. The van der Waals surface area contributed by atoms with E-state index in [2.05, 4.69) is 15.1 Å². The predicted molar refractivity (Wildman–Crippen MR) is 35.3 cm³/mol. The van der Waals surface area contributed by atoms with E-state index in [9.17, 15) is 4.79 Å². The lowest BCUT2D eigenvalue weighted by atomic mass is 10.5. The van der Waals surface area contributed by atoms with E-state index >= 15 is 0 Å². The van der Waals surface area contributed by atoms with Crippen molar-refractivity contribution in [2.24, 2.45) is 0 Å². The highest BCUT2D eigenvalue weighted by molar-refractivity contribution is 5.73. The van der Waals surface area contributed by atoms with Crippen LogP contribution in [0.4, 0.5) is 0 Å².